The number of halogens is 2. The number of aromatic nitrogens is 1. The van der Waals surface area contributed by atoms with Gasteiger partial charge in [-0.2, -0.15) is 0 Å². The number of pyridine rings is 1. The van der Waals surface area contributed by atoms with Crippen molar-refractivity contribution in [3.8, 4) is 5.75 Å². The first-order valence-corrected chi connectivity index (χ1v) is 5.34. The summed E-state index contributed by atoms with van der Waals surface area (Å²) in [6.07, 6.45) is -1.53. The number of alkyl halides is 2. The normalized spacial score (nSPS) is 10.6. The molecule has 0 radical (unpaired) electrons. The van der Waals surface area contributed by atoms with E-state index in [4.69, 9.17) is 4.74 Å². The Hall–Kier alpha value is -2.17. The van der Waals surface area contributed by atoms with Gasteiger partial charge in [-0.3, -0.25) is 4.79 Å². The van der Waals surface area contributed by atoms with E-state index in [2.05, 4.69) is 4.98 Å². The van der Waals surface area contributed by atoms with Gasteiger partial charge in [0.05, 0.1) is 5.69 Å². The largest absolute Gasteiger partial charge is 0.483 e. The van der Waals surface area contributed by atoms with Crippen LogP contribution in [0, 0.1) is 0 Å². The number of hydrogen-bond acceptors (Lipinski definition) is 2. The number of H-pyrrole nitrogens is 1. The summed E-state index contributed by atoms with van der Waals surface area (Å²) >= 11 is 0. The minimum atomic E-state index is -2.69. The zero-order valence-electron chi connectivity index (χ0n) is 9.40. The van der Waals surface area contributed by atoms with Gasteiger partial charge in [-0.1, -0.05) is 30.3 Å². The number of aromatic amines is 1. The van der Waals surface area contributed by atoms with E-state index in [9.17, 15) is 13.6 Å². The number of ether oxygens (including phenoxy) is 1. The highest BCUT2D eigenvalue weighted by Crippen LogP contribution is 2.15. The molecule has 0 fully saturated rings. The van der Waals surface area contributed by atoms with Crippen LogP contribution in [0.3, 0.4) is 0 Å². The summed E-state index contributed by atoms with van der Waals surface area (Å²) in [5.74, 6) is 0.0308. The first-order chi connectivity index (χ1) is 8.66. The summed E-state index contributed by atoms with van der Waals surface area (Å²) in [5, 5.41) is 0. The van der Waals surface area contributed by atoms with Gasteiger partial charge >= 0.3 is 0 Å². The fourth-order valence-corrected chi connectivity index (χ4v) is 1.45. The molecule has 2 aromatic rings. The van der Waals surface area contributed by atoms with Crippen LogP contribution in [-0.4, -0.2) is 4.98 Å². The molecule has 0 amide bonds. The van der Waals surface area contributed by atoms with Gasteiger partial charge in [0.15, 0.2) is 5.75 Å². The molecule has 1 N–H and O–H groups in total. The lowest BCUT2D eigenvalue weighted by atomic mass is 10.2. The van der Waals surface area contributed by atoms with E-state index in [-0.39, 0.29) is 12.4 Å². The summed E-state index contributed by atoms with van der Waals surface area (Å²) in [6.45, 7) is 0.220. The Balaban J connectivity index is 2.09. The van der Waals surface area contributed by atoms with Crippen molar-refractivity contribution in [1.29, 1.82) is 0 Å². The molecule has 0 atom stereocenters. The highest BCUT2D eigenvalue weighted by Gasteiger charge is 2.10. The Labute approximate surface area is 102 Å². The van der Waals surface area contributed by atoms with Crippen molar-refractivity contribution in [3.63, 3.8) is 0 Å². The van der Waals surface area contributed by atoms with Crippen molar-refractivity contribution in [2.75, 3.05) is 0 Å². The second kappa shape index (κ2) is 5.44. The molecular weight excluding hydrogens is 240 g/mol. The van der Waals surface area contributed by atoms with Crippen LogP contribution in [-0.2, 0) is 6.61 Å². The molecule has 3 nitrogen and oxygen atoms in total. The van der Waals surface area contributed by atoms with E-state index in [1.165, 1.54) is 0 Å². The van der Waals surface area contributed by atoms with E-state index >= 15 is 0 Å². The third-order valence-corrected chi connectivity index (χ3v) is 2.37. The van der Waals surface area contributed by atoms with Crippen LogP contribution in [0.4, 0.5) is 8.78 Å². The molecule has 0 bridgehead atoms. The molecule has 18 heavy (non-hydrogen) atoms. The third-order valence-electron chi connectivity index (χ3n) is 2.37. The SMILES string of the molecule is O=c1cc(C(F)F)[nH]cc1OCc1ccccc1. The molecule has 1 heterocycles. The smallest absolute Gasteiger partial charge is 0.278 e. The minimum absolute atomic E-state index is 0.0308. The molecule has 0 saturated carbocycles. The highest BCUT2D eigenvalue weighted by molar-refractivity contribution is 5.22. The molecule has 0 spiro atoms. The van der Waals surface area contributed by atoms with Gasteiger partial charge in [-0.05, 0) is 5.56 Å². The average Bonchev–Trinajstić information content (AvgIpc) is 2.38. The van der Waals surface area contributed by atoms with E-state index < -0.39 is 17.5 Å². The van der Waals surface area contributed by atoms with Crippen molar-refractivity contribution < 1.29 is 13.5 Å². The molecule has 94 valence electrons. The van der Waals surface area contributed by atoms with Gasteiger partial charge in [-0.15, -0.1) is 0 Å². The van der Waals surface area contributed by atoms with Gasteiger partial charge in [0.1, 0.15) is 6.61 Å². The molecular formula is C13H11F2NO2. The predicted octanol–water partition coefficient (Wildman–Crippen LogP) is 2.89. The molecule has 1 aromatic carbocycles. The number of benzene rings is 1. The van der Waals surface area contributed by atoms with Gasteiger partial charge in [0.25, 0.3) is 6.43 Å². The lowest BCUT2D eigenvalue weighted by molar-refractivity contribution is 0.145. The van der Waals surface area contributed by atoms with Crippen LogP contribution in [0.5, 0.6) is 5.75 Å². The topological polar surface area (TPSA) is 42.1 Å². The lowest BCUT2D eigenvalue weighted by Gasteiger charge is -2.06. The number of rotatable bonds is 4. The summed E-state index contributed by atoms with van der Waals surface area (Å²) in [6, 6.07) is 10.1. The maximum Gasteiger partial charge on any atom is 0.278 e. The molecule has 1 aromatic heterocycles. The third kappa shape index (κ3) is 2.94. The molecule has 0 saturated heterocycles. The van der Waals surface area contributed by atoms with Crippen molar-refractivity contribution in [3.05, 3.63) is 64.1 Å². The first kappa shape index (κ1) is 12.3. The van der Waals surface area contributed by atoms with Crippen LogP contribution < -0.4 is 10.2 Å². The average molecular weight is 251 g/mol. The fraction of sp³-hybridized carbons (Fsp3) is 0.154. The Bertz CT molecular complexity index is 567. The monoisotopic (exact) mass is 251 g/mol. The van der Waals surface area contributed by atoms with Gasteiger partial charge in [0, 0.05) is 12.3 Å². The van der Waals surface area contributed by atoms with Crippen molar-refractivity contribution >= 4 is 0 Å². The van der Waals surface area contributed by atoms with Crippen LogP contribution in [0.15, 0.2) is 47.4 Å². The second-order valence-electron chi connectivity index (χ2n) is 3.69. The molecule has 0 unspecified atom stereocenters. The standard InChI is InChI=1S/C13H11F2NO2/c14-13(15)10-6-11(17)12(7-16-10)18-8-9-4-2-1-3-5-9/h1-7,13H,8H2,(H,16,17). The van der Waals surface area contributed by atoms with Gasteiger partial charge in [0.2, 0.25) is 5.43 Å². The Kier molecular flexibility index (Phi) is 3.72. The van der Waals surface area contributed by atoms with Gasteiger partial charge < -0.3 is 9.72 Å². The van der Waals surface area contributed by atoms with Gasteiger partial charge in [-0.25, -0.2) is 8.78 Å². The van der Waals surface area contributed by atoms with Crippen LogP contribution in [0.1, 0.15) is 17.7 Å². The zero-order chi connectivity index (χ0) is 13.0. The Morgan fingerprint density at radius 2 is 1.94 bits per heavy atom. The van der Waals surface area contributed by atoms with Crippen LogP contribution in [0.2, 0.25) is 0 Å². The Morgan fingerprint density at radius 3 is 2.56 bits per heavy atom. The van der Waals surface area contributed by atoms with E-state index in [0.717, 1.165) is 17.8 Å². The number of hydrogen-bond donors (Lipinski definition) is 1. The van der Waals surface area contributed by atoms with E-state index in [1.807, 2.05) is 30.3 Å². The summed E-state index contributed by atoms with van der Waals surface area (Å²) in [4.78, 5) is 13.8. The minimum Gasteiger partial charge on any atom is -0.483 e. The summed E-state index contributed by atoms with van der Waals surface area (Å²) in [5.41, 5.74) is -0.0677. The molecule has 5 heteroatoms. The van der Waals surface area contributed by atoms with Crippen LogP contribution >= 0.6 is 0 Å². The van der Waals surface area contributed by atoms with E-state index in [1.54, 1.807) is 0 Å². The van der Waals surface area contributed by atoms with Crippen molar-refractivity contribution in [2.45, 2.75) is 13.0 Å². The van der Waals surface area contributed by atoms with E-state index in [0.29, 0.717) is 0 Å². The summed E-state index contributed by atoms with van der Waals surface area (Å²) < 4.78 is 29.9. The van der Waals surface area contributed by atoms with Crippen molar-refractivity contribution in [1.82, 2.24) is 4.98 Å². The predicted molar refractivity (Wildman–Crippen MR) is 62.8 cm³/mol. The second-order valence-corrected chi connectivity index (χ2v) is 3.69. The summed E-state index contributed by atoms with van der Waals surface area (Å²) in [7, 11) is 0. The maximum atomic E-state index is 12.3. The molecule has 0 aliphatic rings. The lowest BCUT2D eigenvalue weighted by Crippen LogP contribution is -2.09. The number of nitrogens with one attached hydrogen (secondary N) is 1. The zero-order valence-corrected chi connectivity index (χ0v) is 9.40. The molecule has 0 aliphatic carbocycles. The highest BCUT2D eigenvalue weighted by atomic mass is 19.3. The molecule has 2 rings (SSSR count). The fourth-order valence-electron chi connectivity index (χ4n) is 1.45. The quantitative estimate of drug-likeness (QED) is 0.907. The first-order valence-electron chi connectivity index (χ1n) is 5.34. The maximum absolute atomic E-state index is 12.3. The molecule has 0 aliphatic heterocycles. The van der Waals surface area contributed by atoms with Crippen molar-refractivity contribution in [2.24, 2.45) is 0 Å². The van der Waals surface area contributed by atoms with Crippen LogP contribution in [0.25, 0.3) is 0 Å². The Morgan fingerprint density at radius 1 is 1.22 bits per heavy atom.